The molecule has 7 nitrogen and oxygen atoms in total. The van der Waals surface area contributed by atoms with Gasteiger partial charge in [0, 0.05) is 55.2 Å². The number of piperidine rings is 1. The van der Waals surface area contributed by atoms with Crippen LogP contribution in [0.25, 0.3) is 22.0 Å². The highest BCUT2D eigenvalue weighted by Gasteiger charge is 2.26. The first kappa shape index (κ1) is 28.8. The summed E-state index contributed by atoms with van der Waals surface area (Å²) in [6.07, 6.45) is 3.63. The summed E-state index contributed by atoms with van der Waals surface area (Å²) in [7, 11) is 4.64. The van der Waals surface area contributed by atoms with E-state index in [-0.39, 0.29) is 27.4 Å². The van der Waals surface area contributed by atoms with Crippen LogP contribution >= 0.6 is 11.6 Å². The van der Waals surface area contributed by atoms with E-state index in [0.29, 0.717) is 36.5 Å². The minimum atomic E-state index is -0.700. The van der Waals surface area contributed by atoms with E-state index in [4.69, 9.17) is 30.8 Å². The minimum Gasteiger partial charge on any atom is -0.497 e. The van der Waals surface area contributed by atoms with Gasteiger partial charge in [-0.3, -0.25) is 0 Å². The summed E-state index contributed by atoms with van der Waals surface area (Å²) in [5, 5.41) is 3.98. The number of aromatic nitrogens is 2. The molecule has 1 aliphatic rings. The maximum atomic E-state index is 16.3. The molecular weight excluding hydrogens is 550 g/mol. The Balaban J connectivity index is 1.50. The third-order valence-electron chi connectivity index (χ3n) is 7.35. The number of benzene rings is 3. The normalized spacial score (nSPS) is 13.5. The van der Waals surface area contributed by atoms with E-state index in [0.717, 1.165) is 49.4 Å². The van der Waals surface area contributed by atoms with Crippen LogP contribution in [0.5, 0.6) is 17.2 Å². The van der Waals surface area contributed by atoms with Gasteiger partial charge in [-0.2, -0.15) is 0 Å². The molecule has 0 saturated carbocycles. The van der Waals surface area contributed by atoms with Gasteiger partial charge in [0.25, 0.3) is 0 Å². The number of nitrogens with zero attached hydrogens (tertiary/aromatic N) is 3. The molecule has 41 heavy (non-hydrogen) atoms. The van der Waals surface area contributed by atoms with E-state index in [2.05, 4.69) is 15.2 Å². The van der Waals surface area contributed by atoms with Crippen molar-refractivity contribution in [1.82, 2.24) is 15.3 Å². The third-order valence-corrected chi connectivity index (χ3v) is 7.64. The van der Waals surface area contributed by atoms with Gasteiger partial charge in [-0.1, -0.05) is 23.7 Å². The molecule has 0 atom stereocenters. The third kappa shape index (κ3) is 6.01. The van der Waals surface area contributed by atoms with Crippen molar-refractivity contribution in [1.29, 1.82) is 0 Å². The molecule has 0 spiro atoms. The molecule has 0 aliphatic carbocycles. The number of hydrogen-bond acceptors (Lipinski definition) is 7. The molecule has 216 valence electrons. The van der Waals surface area contributed by atoms with Gasteiger partial charge in [-0.05, 0) is 43.5 Å². The van der Waals surface area contributed by atoms with Crippen LogP contribution in [0.15, 0.2) is 42.5 Å². The quantitative estimate of drug-likeness (QED) is 0.212. The number of ether oxygens (including phenoxy) is 3. The summed E-state index contributed by atoms with van der Waals surface area (Å²) in [6, 6.07) is 11.6. The van der Waals surface area contributed by atoms with Crippen molar-refractivity contribution < 1.29 is 23.0 Å². The van der Waals surface area contributed by atoms with Crippen LogP contribution in [0.1, 0.15) is 30.7 Å². The average molecular weight is 583 g/mol. The molecule has 0 radical (unpaired) electrons. The molecule has 3 aromatic carbocycles. The first-order valence-corrected chi connectivity index (χ1v) is 14.0. The fourth-order valence-corrected chi connectivity index (χ4v) is 5.54. The first-order chi connectivity index (χ1) is 19.9. The zero-order valence-corrected chi connectivity index (χ0v) is 24.2. The maximum Gasteiger partial charge on any atom is 0.159 e. The molecule has 1 saturated heterocycles. The Bertz CT molecular complexity index is 1550. The van der Waals surface area contributed by atoms with Crippen molar-refractivity contribution >= 4 is 28.3 Å². The van der Waals surface area contributed by atoms with Gasteiger partial charge in [0.05, 0.1) is 31.9 Å². The van der Waals surface area contributed by atoms with Crippen molar-refractivity contribution in [3.63, 3.8) is 0 Å². The van der Waals surface area contributed by atoms with E-state index in [1.165, 1.54) is 19.2 Å². The second kappa shape index (κ2) is 12.9. The van der Waals surface area contributed by atoms with E-state index >= 15 is 8.78 Å². The SMILES string of the molecule is COc1ccc(CNCCc2nc(N3CCCCC3)c3cc(Cl)c(-c4c(F)cccc4OC)c(F)c3n2)c(OC)c1. The van der Waals surface area contributed by atoms with Crippen molar-refractivity contribution in [3.05, 3.63) is 70.5 Å². The predicted octanol–water partition coefficient (Wildman–Crippen LogP) is 6.58. The van der Waals surface area contributed by atoms with Crippen molar-refractivity contribution in [2.45, 2.75) is 32.2 Å². The topological polar surface area (TPSA) is 68.7 Å². The molecule has 0 unspecified atom stereocenters. The van der Waals surface area contributed by atoms with Crippen LogP contribution in [0, 0.1) is 11.6 Å². The van der Waals surface area contributed by atoms with E-state index in [1.807, 2.05) is 18.2 Å². The Hall–Kier alpha value is -3.69. The minimum absolute atomic E-state index is 0.0332. The number of anilines is 1. The number of halogens is 3. The van der Waals surface area contributed by atoms with Gasteiger partial charge in [-0.15, -0.1) is 0 Å². The Morgan fingerprint density at radius 3 is 2.41 bits per heavy atom. The zero-order chi connectivity index (χ0) is 28.9. The molecule has 4 aromatic rings. The Labute approximate surface area is 243 Å². The average Bonchev–Trinajstić information content (AvgIpc) is 3.00. The summed E-state index contributed by atoms with van der Waals surface area (Å²) in [5.41, 5.74) is 0.977. The van der Waals surface area contributed by atoms with E-state index < -0.39 is 11.6 Å². The summed E-state index contributed by atoms with van der Waals surface area (Å²) in [5.74, 6) is 1.43. The van der Waals surface area contributed by atoms with Gasteiger partial charge in [0.15, 0.2) is 5.82 Å². The van der Waals surface area contributed by atoms with Gasteiger partial charge < -0.3 is 24.4 Å². The Morgan fingerprint density at radius 1 is 0.902 bits per heavy atom. The molecule has 2 heterocycles. The molecule has 1 fully saturated rings. The fourth-order valence-electron chi connectivity index (χ4n) is 5.25. The van der Waals surface area contributed by atoms with Crippen LogP contribution in [0.4, 0.5) is 14.6 Å². The van der Waals surface area contributed by atoms with Gasteiger partial charge in [0.1, 0.15) is 40.2 Å². The highest BCUT2D eigenvalue weighted by molar-refractivity contribution is 6.34. The van der Waals surface area contributed by atoms with Crippen LogP contribution in [-0.4, -0.2) is 50.9 Å². The lowest BCUT2D eigenvalue weighted by Crippen LogP contribution is -2.31. The molecular formula is C31H33ClF2N4O3. The molecule has 5 rings (SSSR count). The van der Waals surface area contributed by atoms with Gasteiger partial charge in [-0.25, -0.2) is 18.7 Å². The Morgan fingerprint density at radius 2 is 1.68 bits per heavy atom. The van der Waals surface area contributed by atoms with Crippen molar-refractivity contribution in [2.75, 3.05) is 45.9 Å². The first-order valence-electron chi connectivity index (χ1n) is 13.6. The second-order valence-electron chi connectivity index (χ2n) is 9.88. The summed E-state index contributed by atoms with van der Waals surface area (Å²) >= 11 is 6.63. The molecule has 1 N–H and O–H groups in total. The summed E-state index contributed by atoms with van der Waals surface area (Å²) in [6.45, 7) is 2.72. The van der Waals surface area contributed by atoms with Gasteiger partial charge in [0.2, 0.25) is 0 Å². The van der Waals surface area contributed by atoms with Crippen molar-refractivity contribution in [2.24, 2.45) is 0 Å². The number of rotatable bonds is 10. The number of fused-ring (bicyclic) bond motifs is 1. The summed E-state index contributed by atoms with van der Waals surface area (Å²) in [4.78, 5) is 11.7. The number of nitrogens with one attached hydrogen (secondary N) is 1. The molecule has 10 heteroatoms. The smallest absolute Gasteiger partial charge is 0.159 e. The maximum absolute atomic E-state index is 16.3. The molecule has 1 aliphatic heterocycles. The van der Waals surface area contributed by atoms with Crippen LogP contribution in [0.3, 0.4) is 0 Å². The number of methoxy groups -OCH3 is 3. The molecule has 1 aromatic heterocycles. The van der Waals surface area contributed by atoms with E-state index in [9.17, 15) is 0 Å². The van der Waals surface area contributed by atoms with Crippen LogP contribution in [0.2, 0.25) is 5.02 Å². The summed E-state index contributed by atoms with van der Waals surface area (Å²) < 4.78 is 47.5. The monoisotopic (exact) mass is 582 g/mol. The standard InChI is InChI=1S/C31H33ClF2N4O3/c1-39-20-11-10-19(25(16-20)41-3)18-35-13-12-26-36-30-21(31(37-26)38-14-5-4-6-15-38)17-22(32)27(29(30)34)28-23(33)8-7-9-24(28)40-2/h7-11,16-17,35H,4-6,12-15,18H2,1-3H3. The highest BCUT2D eigenvalue weighted by atomic mass is 35.5. The lowest BCUT2D eigenvalue weighted by Gasteiger charge is -2.29. The van der Waals surface area contributed by atoms with Gasteiger partial charge >= 0.3 is 0 Å². The van der Waals surface area contributed by atoms with Crippen molar-refractivity contribution in [3.8, 4) is 28.4 Å². The second-order valence-corrected chi connectivity index (χ2v) is 10.3. The van der Waals surface area contributed by atoms with E-state index in [1.54, 1.807) is 26.4 Å². The number of hydrogen-bond donors (Lipinski definition) is 1. The molecule has 0 bridgehead atoms. The lowest BCUT2D eigenvalue weighted by molar-refractivity contribution is 0.390. The largest absolute Gasteiger partial charge is 0.497 e. The Kier molecular flexibility index (Phi) is 9.05. The highest BCUT2D eigenvalue weighted by Crippen LogP contribution is 2.42. The van der Waals surface area contributed by atoms with Crippen LogP contribution in [-0.2, 0) is 13.0 Å². The zero-order valence-electron chi connectivity index (χ0n) is 23.4. The lowest BCUT2D eigenvalue weighted by atomic mass is 10.0. The molecule has 0 amide bonds. The van der Waals surface area contributed by atoms with Crippen LogP contribution < -0.4 is 24.4 Å². The predicted molar refractivity (Wildman–Crippen MR) is 157 cm³/mol. The fraction of sp³-hybridized carbons (Fsp3) is 0.355.